The van der Waals surface area contributed by atoms with Crippen molar-refractivity contribution in [2.24, 2.45) is 11.8 Å². The summed E-state index contributed by atoms with van der Waals surface area (Å²) in [7, 11) is 0. The van der Waals surface area contributed by atoms with Crippen LogP contribution in [0.1, 0.15) is 51.0 Å². The third kappa shape index (κ3) is 5.71. The van der Waals surface area contributed by atoms with Crippen LogP contribution in [0, 0.1) is 11.8 Å². The summed E-state index contributed by atoms with van der Waals surface area (Å²) in [6.07, 6.45) is 6.22. The Kier molecular flexibility index (Phi) is 9.08. The van der Waals surface area contributed by atoms with Gasteiger partial charge in [0.1, 0.15) is 11.8 Å². The average molecular weight is 671 g/mol. The van der Waals surface area contributed by atoms with Gasteiger partial charge in [0, 0.05) is 21.8 Å². The Hall–Kier alpha value is -2.56. The van der Waals surface area contributed by atoms with Gasteiger partial charge in [0.2, 0.25) is 17.7 Å². The van der Waals surface area contributed by atoms with Gasteiger partial charge in [0.15, 0.2) is 0 Å². The van der Waals surface area contributed by atoms with Crippen molar-refractivity contribution in [1.82, 2.24) is 10.2 Å². The summed E-state index contributed by atoms with van der Waals surface area (Å²) in [5.41, 5.74) is 1.61. The number of benzene rings is 2. The molecule has 4 fully saturated rings. The number of aliphatic hydroxyl groups excluding tert-OH is 1. The van der Waals surface area contributed by atoms with Gasteiger partial charge in [-0.2, -0.15) is 0 Å². The first kappa shape index (κ1) is 30.5. The quantitative estimate of drug-likeness (QED) is 0.321. The molecule has 0 aromatic heterocycles. The van der Waals surface area contributed by atoms with Crippen molar-refractivity contribution in [3.05, 3.63) is 60.2 Å². The Balaban J connectivity index is 1.33. The third-order valence-corrected chi connectivity index (χ3v) is 12.8. The molecule has 1 spiro atoms. The zero-order valence-corrected chi connectivity index (χ0v) is 26.8. The summed E-state index contributed by atoms with van der Waals surface area (Å²) < 4.78 is 4.77. The van der Waals surface area contributed by atoms with Crippen molar-refractivity contribution >= 4 is 51.1 Å². The van der Waals surface area contributed by atoms with E-state index in [9.17, 15) is 19.5 Å². The number of amides is 3. The van der Waals surface area contributed by atoms with Crippen LogP contribution in [0.15, 0.2) is 54.6 Å². The number of nitrogens with zero attached hydrogens (tertiary/aromatic N) is 1. The van der Waals surface area contributed by atoms with Crippen molar-refractivity contribution < 1.29 is 24.2 Å². The zero-order chi connectivity index (χ0) is 30.1. The molecule has 2 aromatic rings. The fourth-order valence-electron chi connectivity index (χ4n) is 7.75. The highest BCUT2D eigenvalue weighted by atomic mass is 79.9. The summed E-state index contributed by atoms with van der Waals surface area (Å²) in [4.78, 5) is 44.5. The van der Waals surface area contributed by atoms with E-state index in [0.717, 1.165) is 37.0 Å². The summed E-state index contributed by atoms with van der Waals surface area (Å²) >= 11 is 5.46. The maximum atomic E-state index is 14.6. The first-order valence-electron chi connectivity index (χ1n) is 15.5. The molecule has 1 aliphatic carbocycles. The van der Waals surface area contributed by atoms with Crippen LogP contribution in [-0.4, -0.2) is 73.9 Å². The first-order valence-corrected chi connectivity index (χ1v) is 17.3. The third-order valence-electron chi connectivity index (χ3n) is 9.58. The van der Waals surface area contributed by atoms with E-state index in [1.807, 2.05) is 49.4 Å². The maximum absolute atomic E-state index is 14.6. The molecule has 3 unspecified atom stereocenters. The molecule has 8 nitrogen and oxygen atoms in total. The Morgan fingerprint density at radius 3 is 2.49 bits per heavy atom. The van der Waals surface area contributed by atoms with E-state index in [1.165, 1.54) is 6.42 Å². The number of anilines is 1. The molecular weight excluding hydrogens is 630 g/mol. The lowest BCUT2D eigenvalue weighted by atomic mass is 9.70. The van der Waals surface area contributed by atoms with Crippen LogP contribution in [0.2, 0.25) is 0 Å². The van der Waals surface area contributed by atoms with Crippen LogP contribution < -0.4 is 15.4 Å². The van der Waals surface area contributed by atoms with Crippen molar-refractivity contribution in [2.45, 2.75) is 84.8 Å². The predicted molar refractivity (Wildman–Crippen MR) is 171 cm³/mol. The van der Waals surface area contributed by atoms with Gasteiger partial charge < -0.3 is 25.4 Å². The molecule has 3 aliphatic heterocycles. The largest absolute Gasteiger partial charge is 0.494 e. The lowest BCUT2D eigenvalue weighted by Crippen LogP contribution is -2.58. The highest BCUT2D eigenvalue weighted by Crippen LogP contribution is 2.68. The SMILES string of the molecule is CCOc1ccc(NC(=O)[C@H]2[C@H]3C(=O)N([C@@H](CO)Cc4ccccc4)C(C(=O)NC4CCCCC4)C34CC(Br)[C@@H]2S4)cc1. The van der Waals surface area contributed by atoms with Crippen molar-refractivity contribution in [2.75, 3.05) is 18.5 Å². The highest BCUT2D eigenvalue weighted by molar-refractivity contribution is 9.09. The zero-order valence-electron chi connectivity index (χ0n) is 24.4. The average Bonchev–Trinajstić information content (AvgIpc) is 3.61. The van der Waals surface area contributed by atoms with E-state index < -0.39 is 28.7 Å². The molecule has 10 heteroatoms. The number of hydrogen-bond acceptors (Lipinski definition) is 6. The van der Waals surface area contributed by atoms with Gasteiger partial charge in [-0.3, -0.25) is 14.4 Å². The van der Waals surface area contributed by atoms with Crippen LogP contribution in [0.4, 0.5) is 5.69 Å². The fourth-order valence-corrected chi connectivity index (χ4v) is 11.4. The molecule has 230 valence electrons. The summed E-state index contributed by atoms with van der Waals surface area (Å²) in [6, 6.07) is 15.7. The number of alkyl halides is 1. The summed E-state index contributed by atoms with van der Waals surface area (Å²) in [6.45, 7) is 2.20. The number of rotatable bonds is 10. The first-order chi connectivity index (χ1) is 20.9. The van der Waals surface area contributed by atoms with E-state index in [2.05, 4.69) is 26.6 Å². The van der Waals surface area contributed by atoms with E-state index in [1.54, 1.807) is 28.8 Å². The van der Waals surface area contributed by atoms with Crippen molar-refractivity contribution in [3.63, 3.8) is 0 Å². The Bertz CT molecular complexity index is 1320. The number of nitrogens with one attached hydrogen (secondary N) is 2. The summed E-state index contributed by atoms with van der Waals surface area (Å²) in [5, 5.41) is 16.9. The van der Waals surface area contributed by atoms with Gasteiger partial charge in [0.05, 0.1) is 35.8 Å². The monoisotopic (exact) mass is 669 g/mol. The number of aliphatic hydroxyl groups is 1. The lowest BCUT2D eigenvalue weighted by Gasteiger charge is -2.38. The molecule has 43 heavy (non-hydrogen) atoms. The van der Waals surface area contributed by atoms with Gasteiger partial charge in [0.25, 0.3) is 0 Å². The van der Waals surface area contributed by atoms with E-state index in [4.69, 9.17) is 4.74 Å². The number of thioether (sulfide) groups is 1. The lowest BCUT2D eigenvalue weighted by molar-refractivity contribution is -0.142. The number of ether oxygens (including phenoxy) is 1. The normalized spacial score (nSPS) is 30.6. The Morgan fingerprint density at radius 2 is 1.81 bits per heavy atom. The molecule has 0 radical (unpaired) electrons. The molecule has 3 heterocycles. The van der Waals surface area contributed by atoms with Crippen molar-refractivity contribution in [3.8, 4) is 5.75 Å². The standard InChI is InChI=1S/C33H40BrN3O5S/c1-2-42-24-15-13-22(14-16-24)35-30(39)26-27-32(41)37(23(19-38)17-20-9-5-3-6-10-20)29(33(27)18-25(34)28(26)43-33)31(40)36-21-11-7-4-8-12-21/h3,5-6,9-10,13-16,21,23,25-29,38H,2,4,7-8,11-12,17-19H2,1H3,(H,35,39)(H,36,40)/t23-,25?,26+,27+,28+,29?,33?/m1/s1. The number of hydrogen-bond donors (Lipinski definition) is 3. The van der Waals surface area contributed by atoms with E-state index in [0.29, 0.717) is 25.1 Å². The van der Waals surface area contributed by atoms with E-state index in [-0.39, 0.29) is 40.4 Å². The van der Waals surface area contributed by atoms with Crippen molar-refractivity contribution in [1.29, 1.82) is 0 Å². The molecule has 2 aromatic carbocycles. The summed E-state index contributed by atoms with van der Waals surface area (Å²) in [5.74, 6) is -1.14. The molecule has 3 amide bonds. The number of carbonyl (C=O) groups excluding carboxylic acids is 3. The highest BCUT2D eigenvalue weighted by Gasteiger charge is 2.76. The number of carbonyl (C=O) groups is 3. The topological polar surface area (TPSA) is 108 Å². The number of halogens is 1. The van der Waals surface area contributed by atoms with Crippen LogP contribution in [0.25, 0.3) is 0 Å². The predicted octanol–water partition coefficient (Wildman–Crippen LogP) is 4.54. The molecule has 3 N–H and O–H groups in total. The second kappa shape index (κ2) is 12.8. The van der Waals surface area contributed by atoms with E-state index >= 15 is 0 Å². The smallest absolute Gasteiger partial charge is 0.244 e. The van der Waals surface area contributed by atoms with Crippen LogP contribution in [0.5, 0.6) is 5.75 Å². The molecule has 1 saturated carbocycles. The fraction of sp³-hybridized carbons (Fsp3) is 0.545. The molecule has 3 saturated heterocycles. The van der Waals surface area contributed by atoms with Crippen LogP contribution in [-0.2, 0) is 20.8 Å². The van der Waals surface area contributed by atoms with Crippen LogP contribution >= 0.6 is 27.7 Å². The van der Waals surface area contributed by atoms with Gasteiger partial charge >= 0.3 is 0 Å². The van der Waals surface area contributed by atoms with Gasteiger partial charge in [-0.1, -0.05) is 65.5 Å². The number of likely N-dealkylation sites (tertiary alicyclic amines) is 1. The maximum Gasteiger partial charge on any atom is 0.244 e. The minimum atomic E-state index is -0.772. The number of fused-ring (bicyclic) bond motifs is 1. The molecular formula is C33H40BrN3O5S. The molecule has 2 bridgehead atoms. The van der Waals surface area contributed by atoms with Gasteiger partial charge in [-0.15, -0.1) is 11.8 Å². The molecule has 6 rings (SSSR count). The minimum Gasteiger partial charge on any atom is -0.494 e. The molecule has 4 aliphatic rings. The second-order valence-corrected chi connectivity index (χ2v) is 14.9. The minimum absolute atomic E-state index is 0.0238. The van der Waals surface area contributed by atoms with Crippen LogP contribution in [0.3, 0.4) is 0 Å². The Morgan fingerprint density at radius 1 is 1.09 bits per heavy atom. The van der Waals surface area contributed by atoms with Gasteiger partial charge in [-0.25, -0.2) is 0 Å². The van der Waals surface area contributed by atoms with Gasteiger partial charge in [-0.05, 0) is 62.4 Å². The Labute approximate surface area is 265 Å². The molecule has 7 atom stereocenters. The second-order valence-electron chi connectivity index (χ2n) is 12.2.